The largest absolute Gasteiger partial charge is 0.508 e. The van der Waals surface area contributed by atoms with Gasteiger partial charge in [0.15, 0.2) is 5.78 Å². The van der Waals surface area contributed by atoms with E-state index in [2.05, 4.69) is 29.8 Å². The number of carbonyl (C=O) groups is 1. The molecule has 2 rings (SSSR count). The first-order chi connectivity index (χ1) is 11.2. The molecule has 0 aliphatic heterocycles. The molecule has 0 unspecified atom stereocenters. The van der Waals surface area contributed by atoms with Crippen LogP contribution in [-0.4, -0.2) is 29.7 Å². The maximum atomic E-state index is 12.6. The van der Waals surface area contributed by atoms with Crippen molar-refractivity contribution in [2.75, 3.05) is 13.7 Å². The van der Waals surface area contributed by atoms with Crippen LogP contribution in [0.4, 0.5) is 0 Å². The number of phenolic OH excluding ortho intramolecular Hbond substituents is 1. The highest BCUT2D eigenvalue weighted by atomic mass is 79.9. The third-order valence-corrected chi connectivity index (χ3v) is 5.87. The first-order valence-electron chi connectivity index (χ1n) is 8.10. The number of methoxy groups -OCH3 is 1. The van der Waals surface area contributed by atoms with Crippen molar-refractivity contribution < 1.29 is 19.7 Å². The highest BCUT2D eigenvalue weighted by molar-refractivity contribution is 9.10. The number of rotatable bonds is 5. The van der Waals surface area contributed by atoms with Crippen molar-refractivity contribution in [3.63, 3.8) is 0 Å². The molecule has 2 atom stereocenters. The van der Waals surface area contributed by atoms with Crippen LogP contribution in [0.5, 0.6) is 11.5 Å². The summed E-state index contributed by atoms with van der Waals surface area (Å²) in [5, 5.41) is 19.6. The van der Waals surface area contributed by atoms with Gasteiger partial charge in [-0.2, -0.15) is 0 Å². The zero-order chi connectivity index (χ0) is 18.1. The second kappa shape index (κ2) is 7.28. The van der Waals surface area contributed by atoms with E-state index >= 15 is 0 Å². The van der Waals surface area contributed by atoms with Crippen LogP contribution >= 0.6 is 15.9 Å². The number of hydrogen-bond donors (Lipinski definition) is 2. The Kier molecular flexibility index (Phi) is 5.76. The molecular formula is C19H25BrO4. The van der Waals surface area contributed by atoms with Crippen molar-refractivity contribution in [3.05, 3.63) is 33.8 Å². The van der Waals surface area contributed by atoms with Crippen molar-refractivity contribution in [1.29, 1.82) is 0 Å². The van der Waals surface area contributed by atoms with Crippen molar-refractivity contribution in [2.24, 2.45) is 17.3 Å². The molecule has 0 saturated carbocycles. The first-order valence-corrected chi connectivity index (χ1v) is 8.90. The Hall–Kier alpha value is -1.33. The van der Waals surface area contributed by atoms with Crippen LogP contribution in [0.1, 0.15) is 32.8 Å². The maximum Gasteiger partial charge on any atom is 0.159 e. The molecule has 0 amide bonds. The Morgan fingerprint density at radius 3 is 2.54 bits per heavy atom. The van der Waals surface area contributed by atoms with E-state index in [1.54, 1.807) is 25.3 Å². The van der Waals surface area contributed by atoms with Crippen LogP contribution < -0.4 is 4.74 Å². The second-order valence-electron chi connectivity index (χ2n) is 7.05. The number of ketones is 1. The molecule has 24 heavy (non-hydrogen) atoms. The summed E-state index contributed by atoms with van der Waals surface area (Å²) in [6.07, 6.45) is 2.77. The SMILES string of the molecule is COc1cc(C[C@H]2C(=O)C=C(C)[C@H](CCO)C2(C)C)c(O)cc1Br. The standard InChI is InChI=1S/C19H25BrO4/c1-11-7-17(23)14(19(2,3)13(11)5-6-21)8-12-9-18(24-4)15(20)10-16(12)22/h7,9-10,13-14,21-22H,5-6,8H2,1-4H3/t13-,14-/m0/s1. The fourth-order valence-corrected chi connectivity index (χ4v) is 4.33. The number of aliphatic hydroxyl groups excluding tert-OH is 1. The zero-order valence-electron chi connectivity index (χ0n) is 14.6. The summed E-state index contributed by atoms with van der Waals surface area (Å²) in [7, 11) is 1.57. The lowest BCUT2D eigenvalue weighted by Gasteiger charge is -2.44. The van der Waals surface area contributed by atoms with Gasteiger partial charge in [0.05, 0.1) is 11.6 Å². The van der Waals surface area contributed by atoms with E-state index in [9.17, 15) is 15.0 Å². The van der Waals surface area contributed by atoms with Gasteiger partial charge in [-0.1, -0.05) is 19.4 Å². The summed E-state index contributed by atoms with van der Waals surface area (Å²) in [6.45, 7) is 6.19. The van der Waals surface area contributed by atoms with E-state index in [0.29, 0.717) is 28.6 Å². The van der Waals surface area contributed by atoms with Crippen LogP contribution in [-0.2, 0) is 11.2 Å². The Labute approximate surface area is 151 Å². The van der Waals surface area contributed by atoms with Crippen molar-refractivity contribution in [1.82, 2.24) is 0 Å². The Morgan fingerprint density at radius 1 is 1.29 bits per heavy atom. The molecule has 4 nitrogen and oxygen atoms in total. The summed E-state index contributed by atoms with van der Waals surface area (Å²) in [5.74, 6) is 0.742. The van der Waals surface area contributed by atoms with Crippen LogP contribution in [0.25, 0.3) is 0 Å². The second-order valence-corrected chi connectivity index (χ2v) is 7.90. The average molecular weight is 397 g/mol. The molecule has 0 aromatic heterocycles. The van der Waals surface area contributed by atoms with Gasteiger partial charge in [0.1, 0.15) is 11.5 Å². The van der Waals surface area contributed by atoms with E-state index in [1.807, 2.05) is 6.92 Å². The van der Waals surface area contributed by atoms with Crippen molar-refractivity contribution in [2.45, 2.75) is 33.6 Å². The van der Waals surface area contributed by atoms with Crippen LogP contribution in [0.3, 0.4) is 0 Å². The van der Waals surface area contributed by atoms with E-state index in [4.69, 9.17) is 4.74 Å². The Morgan fingerprint density at radius 2 is 1.96 bits per heavy atom. The number of carbonyl (C=O) groups excluding carboxylic acids is 1. The topological polar surface area (TPSA) is 66.8 Å². The fourth-order valence-electron chi connectivity index (χ4n) is 3.84. The van der Waals surface area contributed by atoms with Gasteiger partial charge in [-0.3, -0.25) is 4.79 Å². The number of hydrogen-bond acceptors (Lipinski definition) is 4. The van der Waals surface area contributed by atoms with Crippen molar-refractivity contribution in [3.8, 4) is 11.5 Å². The molecular weight excluding hydrogens is 372 g/mol. The Bertz CT molecular complexity index is 664. The highest BCUT2D eigenvalue weighted by Gasteiger charge is 2.44. The number of ether oxygens (including phenoxy) is 1. The number of aromatic hydroxyl groups is 1. The van der Waals surface area contributed by atoms with Gasteiger partial charge in [0.2, 0.25) is 0 Å². The molecule has 5 heteroatoms. The van der Waals surface area contributed by atoms with Gasteiger partial charge < -0.3 is 14.9 Å². The minimum atomic E-state index is -0.300. The summed E-state index contributed by atoms with van der Waals surface area (Å²) in [6, 6.07) is 3.37. The summed E-state index contributed by atoms with van der Waals surface area (Å²) in [5.41, 5.74) is 1.41. The van der Waals surface area contributed by atoms with Crippen LogP contribution in [0, 0.1) is 17.3 Å². The fraction of sp³-hybridized carbons (Fsp3) is 0.526. The van der Waals surface area contributed by atoms with Crippen LogP contribution in [0.2, 0.25) is 0 Å². The lowest BCUT2D eigenvalue weighted by atomic mass is 9.59. The number of halogens is 1. The number of allylic oxidation sites excluding steroid dienone is 2. The molecule has 0 spiro atoms. The maximum absolute atomic E-state index is 12.6. The van der Waals surface area contributed by atoms with E-state index in [-0.39, 0.29) is 35.4 Å². The molecule has 1 aliphatic rings. The lowest BCUT2D eigenvalue weighted by molar-refractivity contribution is -0.124. The Balaban J connectivity index is 2.40. The molecule has 0 saturated heterocycles. The smallest absolute Gasteiger partial charge is 0.159 e. The first kappa shape index (κ1) is 19.0. The monoisotopic (exact) mass is 396 g/mol. The molecule has 132 valence electrons. The molecule has 1 aromatic carbocycles. The number of phenols is 1. The molecule has 0 radical (unpaired) electrons. The molecule has 0 heterocycles. The summed E-state index contributed by atoms with van der Waals surface area (Å²) in [4.78, 5) is 12.6. The lowest BCUT2D eigenvalue weighted by Crippen LogP contribution is -2.42. The minimum Gasteiger partial charge on any atom is -0.508 e. The predicted molar refractivity (Wildman–Crippen MR) is 97.3 cm³/mol. The number of aliphatic hydroxyl groups is 1. The average Bonchev–Trinajstić information content (AvgIpc) is 2.49. The molecule has 0 fully saturated rings. The summed E-state index contributed by atoms with van der Waals surface area (Å²) >= 11 is 3.35. The third kappa shape index (κ3) is 3.52. The minimum absolute atomic E-state index is 0.0768. The molecule has 1 aromatic rings. The van der Waals surface area contributed by atoms with Gasteiger partial charge >= 0.3 is 0 Å². The van der Waals surface area contributed by atoms with Gasteiger partial charge in [0, 0.05) is 12.5 Å². The molecule has 2 N–H and O–H groups in total. The summed E-state index contributed by atoms with van der Waals surface area (Å²) < 4.78 is 5.97. The van der Waals surface area contributed by atoms with E-state index in [1.165, 1.54) is 0 Å². The zero-order valence-corrected chi connectivity index (χ0v) is 16.2. The van der Waals surface area contributed by atoms with Gasteiger partial charge in [0.25, 0.3) is 0 Å². The van der Waals surface area contributed by atoms with Gasteiger partial charge in [-0.25, -0.2) is 0 Å². The number of benzene rings is 1. The third-order valence-electron chi connectivity index (χ3n) is 5.25. The normalized spacial score (nSPS) is 23.1. The molecule has 1 aliphatic carbocycles. The predicted octanol–water partition coefficient (Wildman–Crippen LogP) is 3.88. The molecule has 0 bridgehead atoms. The van der Waals surface area contributed by atoms with E-state index < -0.39 is 0 Å². The van der Waals surface area contributed by atoms with Gasteiger partial charge in [-0.05, 0) is 70.8 Å². The van der Waals surface area contributed by atoms with E-state index in [0.717, 1.165) is 5.57 Å². The quantitative estimate of drug-likeness (QED) is 0.792. The van der Waals surface area contributed by atoms with Crippen molar-refractivity contribution >= 4 is 21.7 Å². The van der Waals surface area contributed by atoms with Gasteiger partial charge in [-0.15, -0.1) is 0 Å². The van der Waals surface area contributed by atoms with Crippen LogP contribution in [0.15, 0.2) is 28.3 Å². The highest BCUT2D eigenvalue weighted by Crippen LogP contribution is 2.47.